The summed E-state index contributed by atoms with van der Waals surface area (Å²) in [5, 5.41) is 7.60. The number of fused-ring (bicyclic) bond motifs is 1. The van der Waals surface area contributed by atoms with Crippen LogP contribution in [0.3, 0.4) is 0 Å². The highest BCUT2D eigenvalue weighted by Crippen LogP contribution is 2.27. The maximum Gasteiger partial charge on any atom is 0.259 e. The number of likely N-dealkylation sites (tertiary alicyclic amines) is 1. The molecule has 1 N–H and O–H groups in total. The van der Waals surface area contributed by atoms with Gasteiger partial charge < -0.3 is 14.7 Å². The van der Waals surface area contributed by atoms with E-state index in [0.29, 0.717) is 40.2 Å². The van der Waals surface area contributed by atoms with E-state index in [1.807, 2.05) is 0 Å². The van der Waals surface area contributed by atoms with Crippen molar-refractivity contribution in [2.75, 3.05) is 26.2 Å². The van der Waals surface area contributed by atoms with E-state index < -0.39 is 0 Å². The number of hydrogen-bond donors (Lipinski definition) is 1. The second-order valence-corrected chi connectivity index (χ2v) is 8.14. The Morgan fingerprint density at radius 1 is 1.27 bits per heavy atom. The van der Waals surface area contributed by atoms with Gasteiger partial charge in [0, 0.05) is 12.1 Å². The molecular formula is C23H27FN4O2. The molecule has 1 aliphatic rings. The molecule has 0 radical (unpaired) electrons. The average Bonchev–Trinajstić information content (AvgIpc) is 3.13. The first-order valence-corrected chi connectivity index (χ1v) is 10.5. The fourth-order valence-corrected chi connectivity index (χ4v) is 3.93. The Morgan fingerprint density at radius 2 is 2.00 bits per heavy atom. The predicted molar refractivity (Wildman–Crippen MR) is 114 cm³/mol. The fraction of sp³-hybridized carbons (Fsp3) is 0.435. The van der Waals surface area contributed by atoms with Crippen molar-refractivity contribution in [3.63, 3.8) is 0 Å². The number of amides is 1. The van der Waals surface area contributed by atoms with Gasteiger partial charge in [-0.05, 0) is 82.1 Å². The summed E-state index contributed by atoms with van der Waals surface area (Å²) in [6, 6.07) is 7.73. The van der Waals surface area contributed by atoms with Gasteiger partial charge in [0.05, 0.1) is 22.3 Å². The van der Waals surface area contributed by atoms with Crippen molar-refractivity contribution in [3.05, 3.63) is 47.4 Å². The van der Waals surface area contributed by atoms with Crippen molar-refractivity contribution in [3.8, 4) is 11.3 Å². The quantitative estimate of drug-likeness (QED) is 0.617. The molecule has 1 fully saturated rings. The van der Waals surface area contributed by atoms with Crippen LogP contribution in [0.15, 0.2) is 34.9 Å². The van der Waals surface area contributed by atoms with Gasteiger partial charge in [-0.25, -0.2) is 9.37 Å². The Labute approximate surface area is 175 Å². The van der Waals surface area contributed by atoms with E-state index in [-0.39, 0.29) is 11.7 Å². The summed E-state index contributed by atoms with van der Waals surface area (Å²) in [5.74, 6) is 0.318. The molecule has 1 aromatic carbocycles. The molecule has 1 amide bonds. The number of nitrogens with one attached hydrogen (secondary N) is 1. The molecule has 0 unspecified atom stereocenters. The second-order valence-electron chi connectivity index (χ2n) is 8.14. The second kappa shape index (κ2) is 8.92. The van der Waals surface area contributed by atoms with E-state index in [9.17, 15) is 9.18 Å². The first-order chi connectivity index (χ1) is 14.5. The summed E-state index contributed by atoms with van der Waals surface area (Å²) in [6.07, 6.45) is 3.41. The average molecular weight is 410 g/mol. The Bertz CT molecular complexity index is 1020. The van der Waals surface area contributed by atoms with Gasteiger partial charge in [0.1, 0.15) is 5.82 Å². The largest absolute Gasteiger partial charge is 0.352 e. The number of aromatic nitrogens is 2. The summed E-state index contributed by atoms with van der Waals surface area (Å²) in [4.78, 5) is 19.9. The van der Waals surface area contributed by atoms with Crippen molar-refractivity contribution in [2.24, 2.45) is 5.92 Å². The zero-order chi connectivity index (χ0) is 21.1. The number of nitrogens with zero attached hydrogens (tertiary/aromatic N) is 3. The summed E-state index contributed by atoms with van der Waals surface area (Å²) in [5.41, 5.74) is 2.66. The zero-order valence-corrected chi connectivity index (χ0v) is 17.4. The molecule has 158 valence electrons. The minimum Gasteiger partial charge on any atom is -0.352 e. The number of pyridine rings is 1. The van der Waals surface area contributed by atoms with Crippen LogP contribution in [0.5, 0.6) is 0 Å². The van der Waals surface area contributed by atoms with Crippen LogP contribution in [0, 0.1) is 18.7 Å². The summed E-state index contributed by atoms with van der Waals surface area (Å²) >= 11 is 0. The molecule has 0 aliphatic carbocycles. The molecule has 30 heavy (non-hydrogen) atoms. The van der Waals surface area contributed by atoms with E-state index >= 15 is 0 Å². The fourth-order valence-electron chi connectivity index (χ4n) is 3.93. The Morgan fingerprint density at radius 3 is 2.73 bits per heavy atom. The van der Waals surface area contributed by atoms with Gasteiger partial charge in [-0.1, -0.05) is 12.1 Å². The van der Waals surface area contributed by atoms with Crippen LogP contribution >= 0.6 is 0 Å². The van der Waals surface area contributed by atoms with Crippen LogP contribution in [0.4, 0.5) is 4.39 Å². The molecule has 0 atom stereocenters. The number of benzene rings is 1. The van der Waals surface area contributed by atoms with E-state index in [0.717, 1.165) is 32.0 Å². The molecule has 2 aromatic heterocycles. The predicted octanol–water partition coefficient (Wildman–Crippen LogP) is 4.19. The van der Waals surface area contributed by atoms with Gasteiger partial charge in [0.25, 0.3) is 11.6 Å². The maximum atomic E-state index is 13.3. The number of carbonyl (C=O) groups excluding carboxylic acids is 1. The van der Waals surface area contributed by atoms with Gasteiger partial charge >= 0.3 is 0 Å². The lowest BCUT2D eigenvalue weighted by Crippen LogP contribution is -2.35. The van der Waals surface area contributed by atoms with Crippen LogP contribution in [0.2, 0.25) is 0 Å². The molecule has 1 saturated heterocycles. The number of carbonyl (C=O) groups is 1. The third-order valence-corrected chi connectivity index (χ3v) is 5.81. The Kier molecular flexibility index (Phi) is 6.08. The van der Waals surface area contributed by atoms with E-state index in [4.69, 9.17) is 4.52 Å². The molecule has 3 aromatic rings. The minimum atomic E-state index is -0.323. The lowest BCUT2D eigenvalue weighted by molar-refractivity contribution is 0.0952. The third-order valence-electron chi connectivity index (χ3n) is 5.81. The topological polar surface area (TPSA) is 71.3 Å². The number of piperidine rings is 1. The van der Waals surface area contributed by atoms with Gasteiger partial charge in [0.2, 0.25) is 0 Å². The van der Waals surface area contributed by atoms with Crippen LogP contribution in [0.25, 0.3) is 22.4 Å². The Hall–Kier alpha value is -2.80. The number of aryl methyl sites for hydroxylation is 1. The normalized spacial score (nSPS) is 15.6. The minimum absolute atomic E-state index is 0.177. The first-order valence-electron chi connectivity index (χ1n) is 10.5. The summed E-state index contributed by atoms with van der Waals surface area (Å²) in [6.45, 7) is 7.97. The van der Waals surface area contributed by atoms with Gasteiger partial charge in [-0.2, -0.15) is 0 Å². The molecule has 6 nitrogen and oxygen atoms in total. The molecular weight excluding hydrogens is 383 g/mol. The van der Waals surface area contributed by atoms with Crippen molar-refractivity contribution in [2.45, 2.75) is 33.1 Å². The summed E-state index contributed by atoms with van der Waals surface area (Å²) < 4.78 is 18.6. The smallest absolute Gasteiger partial charge is 0.259 e. The molecule has 1 aliphatic heterocycles. The van der Waals surface area contributed by atoms with Crippen molar-refractivity contribution in [1.29, 1.82) is 0 Å². The lowest BCUT2D eigenvalue weighted by atomic mass is 9.99. The van der Waals surface area contributed by atoms with Crippen molar-refractivity contribution < 1.29 is 13.7 Å². The highest BCUT2D eigenvalue weighted by Gasteiger charge is 2.20. The van der Waals surface area contributed by atoms with E-state index in [1.165, 1.54) is 25.0 Å². The monoisotopic (exact) mass is 410 g/mol. The maximum absolute atomic E-state index is 13.3. The number of halogens is 1. The first kappa shape index (κ1) is 20.5. The molecule has 3 heterocycles. The van der Waals surface area contributed by atoms with Gasteiger partial charge in [-0.15, -0.1) is 0 Å². The van der Waals surface area contributed by atoms with Gasteiger partial charge in [0.15, 0.2) is 0 Å². The highest BCUT2D eigenvalue weighted by molar-refractivity contribution is 6.06. The molecule has 0 bridgehead atoms. The van der Waals surface area contributed by atoms with Crippen molar-refractivity contribution >= 4 is 17.0 Å². The third kappa shape index (κ3) is 4.51. The molecule has 0 saturated carbocycles. The molecule has 4 rings (SSSR count). The molecule has 7 heteroatoms. The lowest BCUT2D eigenvalue weighted by Gasteiger charge is -2.30. The van der Waals surface area contributed by atoms with Crippen LogP contribution in [-0.2, 0) is 0 Å². The Balaban J connectivity index is 1.47. The van der Waals surface area contributed by atoms with Crippen LogP contribution < -0.4 is 5.32 Å². The highest BCUT2D eigenvalue weighted by atomic mass is 19.1. The standard InChI is InChI=1S/C23H27FN4O2/c1-15-8-12-28(13-9-15)11-3-10-25-22(29)19-14-20(17-4-6-18(24)7-5-17)26-23-21(19)16(2)27-30-23/h4-7,14-15H,3,8-13H2,1-2H3,(H,25,29). The number of hydrogen-bond acceptors (Lipinski definition) is 5. The summed E-state index contributed by atoms with van der Waals surface area (Å²) in [7, 11) is 0. The molecule has 0 spiro atoms. The number of rotatable bonds is 6. The zero-order valence-electron chi connectivity index (χ0n) is 17.4. The van der Waals surface area contributed by atoms with Crippen LogP contribution in [0.1, 0.15) is 42.2 Å². The van der Waals surface area contributed by atoms with Gasteiger partial charge in [-0.3, -0.25) is 4.79 Å². The SMILES string of the molecule is Cc1noc2nc(-c3ccc(F)cc3)cc(C(=O)NCCCN3CCC(C)CC3)c12. The van der Waals surface area contributed by atoms with E-state index in [1.54, 1.807) is 25.1 Å². The van der Waals surface area contributed by atoms with E-state index in [2.05, 4.69) is 27.3 Å². The van der Waals surface area contributed by atoms with Crippen molar-refractivity contribution in [1.82, 2.24) is 20.4 Å². The van der Waals surface area contributed by atoms with Crippen LogP contribution in [-0.4, -0.2) is 47.1 Å².